The van der Waals surface area contributed by atoms with Gasteiger partial charge in [0.05, 0.1) is 0 Å². The molecule has 0 aliphatic carbocycles. The van der Waals surface area contributed by atoms with E-state index in [-0.39, 0.29) is 11.7 Å². The van der Waals surface area contributed by atoms with Crippen molar-refractivity contribution in [3.05, 3.63) is 71.0 Å². The Bertz CT molecular complexity index is 552. The summed E-state index contributed by atoms with van der Waals surface area (Å²) in [6, 6.07) is 10.1. The summed E-state index contributed by atoms with van der Waals surface area (Å²) in [7, 11) is 0. The van der Waals surface area contributed by atoms with Gasteiger partial charge in [-0.1, -0.05) is 34.1 Å². The lowest BCUT2D eigenvalue weighted by atomic mass is 9.93. The first-order valence-corrected chi connectivity index (χ1v) is 6.97. The third-order valence-corrected chi connectivity index (χ3v) is 3.78. The van der Waals surface area contributed by atoms with Crippen molar-refractivity contribution in [3.63, 3.8) is 0 Å². The first kappa shape index (κ1) is 14.1. The molecule has 0 aromatic heterocycles. The predicted octanol–water partition coefficient (Wildman–Crippen LogP) is 4.83. The van der Waals surface area contributed by atoms with E-state index in [1.54, 1.807) is 18.2 Å². The SMILES string of the molecule is Fc1ccc(C(CBr)Cc2ccc(F)c(F)c2)cc1. The molecule has 0 nitrogen and oxygen atoms in total. The summed E-state index contributed by atoms with van der Waals surface area (Å²) in [4.78, 5) is 0. The van der Waals surface area contributed by atoms with Crippen LogP contribution in [-0.4, -0.2) is 5.33 Å². The molecule has 4 heteroatoms. The zero-order valence-corrected chi connectivity index (χ0v) is 11.6. The highest BCUT2D eigenvalue weighted by atomic mass is 79.9. The average Bonchev–Trinajstić information content (AvgIpc) is 2.41. The molecule has 0 amide bonds. The van der Waals surface area contributed by atoms with E-state index in [0.717, 1.165) is 11.6 Å². The molecule has 100 valence electrons. The molecule has 0 heterocycles. The van der Waals surface area contributed by atoms with E-state index in [1.807, 2.05) is 0 Å². The number of hydrogen-bond donors (Lipinski definition) is 0. The number of alkyl halides is 1. The van der Waals surface area contributed by atoms with Crippen LogP contribution >= 0.6 is 15.9 Å². The van der Waals surface area contributed by atoms with Crippen molar-refractivity contribution in [1.29, 1.82) is 0 Å². The molecule has 2 aromatic carbocycles. The van der Waals surface area contributed by atoms with Crippen LogP contribution in [0.25, 0.3) is 0 Å². The molecule has 1 unspecified atom stereocenters. The van der Waals surface area contributed by atoms with Gasteiger partial charge >= 0.3 is 0 Å². The van der Waals surface area contributed by atoms with Gasteiger partial charge in [-0.3, -0.25) is 0 Å². The minimum absolute atomic E-state index is 0.0884. The minimum Gasteiger partial charge on any atom is -0.207 e. The second-order valence-electron chi connectivity index (χ2n) is 4.36. The Balaban J connectivity index is 2.18. The minimum atomic E-state index is -0.846. The molecule has 0 fully saturated rings. The Morgan fingerprint density at radius 3 is 2.16 bits per heavy atom. The van der Waals surface area contributed by atoms with Gasteiger partial charge < -0.3 is 0 Å². The molecule has 0 radical (unpaired) electrons. The highest BCUT2D eigenvalue weighted by molar-refractivity contribution is 9.09. The maximum Gasteiger partial charge on any atom is 0.159 e. The van der Waals surface area contributed by atoms with Crippen molar-refractivity contribution in [2.24, 2.45) is 0 Å². The summed E-state index contributed by atoms with van der Waals surface area (Å²) < 4.78 is 38.9. The smallest absolute Gasteiger partial charge is 0.159 e. The number of hydrogen-bond acceptors (Lipinski definition) is 0. The van der Waals surface area contributed by atoms with E-state index in [2.05, 4.69) is 15.9 Å². The van der Waals surface area contributed by atoms with Crippen molar-refractivity contribution in [2.75, 3.05) is 5.33 Å². The van der Waals surface area contributed by atoms with Crippen molar-refractivity contribution >= 4 is 15.9 Å². The number of rotatable bonds is 4. The van der Waals surface area contributed by atoms with Gasteiger partial charge in [0.2, 0.25) is 0 Å². The van der Waals surface area contributed by atoms with Crippen LogP contribution in [0.2, 0.25) is 0 Å². The molecule has 0 aliphatic heterocycles. The second kappa shape index (κ2) is 6.24. The first-order valence-electron chi connectivity index (χ1n) is 5.85. The van der Waals surface area contributed by atoms with Gasteiger partial charge in [-0.05, 0) is 47.7 Å². The Labute approximate surface area is 118 Å². The molecular formula is C15H12BrF3. The van der Waals surface area contributed by atoms with Gasteiger partial charge in [-0.2, -0.15) is 0 Å². The zero-order chi connectivity index (χ0) is 13.8. The summed E-state index contributed by atoms with van der Waals surface area (Å²) in [5.41, 5.74) is 1.68. The third-order valence-electron chi connectivity index (χ3n) is 2.99. The van der Waals surface area contributed by atoms with Gasteiger partial charge in [0.25, 0.3) is 0 Å². The summed E-state index contributed by atoms with van der Waals surface area (Å²) in [6.07, 6.45) is 0.564. The zero-order valence-electron chi connectivity index (χ0n) is 10.0. The molecule has 0 N–H and O–H groups in total. The van der Waals surface area contributed by atoms with Crippen LogP contribution in [-0.2, 0) is 6.42 Å². The fourth-order valence-electron chi connectivity index (χ4n) is 1.95. The van der Waals surface area contributed by atoms with Crippen LogP contribution < -0.4 is 0 Å². The van der Waals surface area contributed by atoms with Gasteiger partial charge in [0, 0.05) is 5.33 Å². The van der Waals surface area contributed by atoms with Crippen LogP contribution in [0.5, 0.6) is 0 Å². The molecule has 0 spiro atoms. The standard InChI is InChI=1S/C15H12BrF3/c16-9-12(11-2-4-13(17)5-3-11)7-10-1-6-14(18)15(19)8-10/h1-6,8,12H,7,9H2. The topological polar surface area (TPSA) is 0 Å². The van der Waals surface area contributed by atoms with Crippen LogP contribution in [0.1, 0.15) is 17.0 Å². The maximum atomic E-state index is 13.2. The van der Waals surface area contributed by atoms with Gasteiger partial charge in [-0.15, -0.1) is 0 Å². The van der Waals surface area contributed by atoms with Crippen LogP contribution in [0, 0.1) is 17.5 Å². The quantitative estimate of drug-likeness (QED) is 0.705. The highest BCUT2D eigenvalue weighted by Gasteiger charge is 2.12. The highest BCUT2D eigenvalue weighted by Crippen LogP contribution is 2.24. The van der Waals surface area contributed by atoms with E-state index in [9.17, 15) is 13.2 Å². The first-order chi connectivity index (χ1) is 9.10. The maximum absolute atomic E-state index is 13.2. The average molecular weight is 329 g/mol. The lowest BCUT2D eigenvalue weighted by Gasteiger charge is -2.14. The van der Waals surface area contributed by atoms with E-state index >= 15 is 0 Å². The van der Waals surface area contributed by atoms with Crippen molar-refractivity contribution in [2.45, 2.75) is 12.3 Å². The van der Waals surface area contributed by atoms with Crippen molar-refractivity contribution < 1.29 is 13.2 Å². The molecule has 19 heavy (non-hydrogen) atoms. The Kier molecular flexibility index (Phi) is 4.64. The van der Waals surface area contributed by atoms with E-state index in [0.29, 0.717) is 17.3 Å². The van der Waals surface area contributed by atoms with Gasteiger partial charge in [0.1, 0.15) is 5.82 Å². The lowest BCUT2D eigenvalue weighted by Crippen LogP contribution is -2.05. The van der Waals surface area contributed by atoms with Crippen LogP contribution in [0.15, 0.2) is 42.5 Å². The van der Waals surface area contributed by atoms with E-state index < -0.39 is 11.6 Å². The lowest BCUT2D eigenvalue weighted by molar-refractivity contribution is 0.506. The fourth-order valence-corrected chi connectivity index (χ4v) is 2.55. The Hall–Kier alpha value is -1.29. The summed E-state index contributed by atoms with van der Waals surface area (Å²) in [5, 5.41) is 0.664. The Morgan fingerprint density at radius 2 is 1.58 bits per heavy atom. The molecule has 2 aromatic rings. The normalized spacial score (nSPS) is 12.4. The van der Waals surface area contributed by atoms with Crippen molar-refractivity contribution in [3.8, 4) is 0 Å². The largest absolute Gasteiger partial charge is 0.207 e. The predicted molar refractivity (Wildman–Crippen MR) is 73.0 cm³/mol. The summed E-state index contributed by atoms with van der Waals surface area (Å²) >= 11 is 3.40. The van der Waals surface area contributed by atoms with E-state index in [1.165, 1.54) is 18.2 Å². The summed E-state index contributed by atoms with van der Waals surface area (Å²) in [5.74, 6) is -1.89. The van der Waals surface area contributed by atoms with Crippen LogP contribution in [0.3, 0.4) is 0 Å². The number of benzene rings is 2. The van der Waals surface area contributed by atoms with Gasteiger partial charge in [0.15, 0.2) is 11.6 Å². The fraction of sp³-hybridized carbons (Fsp3) is 0.200. The monoisotopic (exact) mass is 328 g/mol. The number of halogens is 4. The molecule has 0 bridgehead atoms. The molecule has 0 aliphatic rings. The van der Waals surface area contributed by atoms with Crippen molar-refractivity contribution in [1.82, 2.24) is 0 Å². The van der Waals surface area contributed by atoms with E-state index in [4.69, 9.17) is 0 Å². The van der Waals surface area contributed by atoms with Gasteiger partial charge in [-0.25, -0.2) is 13.2 Å². The molecule has 2 rings (SSSR count). The molecule has 1 atom stereocenters. The van der Waals surface area contributed by atoms with Crippen LogP contribution in [0.4, 0.5) is 13.2 Å². The molecule has 0 saturated carbocycles. The third kappa shape index (κ3) is 3.60. The molecule has 0 saturated heterocycles. The Morgan fingerprint density at radius 1 is 0.895 bits per heavy atom. The second-order valence-corrected chi connectivity index (χ2v) is 5.00. The summed E-state index contributed by atoms with van der Waals surface area (Å²) in [6.45, 7) is 0. The molecular weight excluding hydrogens is 317 g/mol.